The van der Waals surface area contributed by atoms with Gasteiger partial charge in [-0.1, -0.05) is 153 Å². The first-order chi connectivity index (χ1) is 23.7. The van der Waals surface area contributed by atoms with Gasteiger partial charge in [0.2, 0.25) is 0 Å². The molecule has 0 radical (unpaired) electrons. The SMILES string of the molecule is CCCCc1ncc(CO)n1Cc1ccc(-c2ccccc2-c2nnnn2C(c2ccccc2)(c2ccccc2)c2ccccc2)cc1. The Morgan fingerprint density at radius 3 is 1.79 bits per heavy atom. The van der Waals surface area contributed by atoms with Gasteiger partial charge in [0.15, 0.2) is 5.82 Å². The highest BCUT2D eigenvalue weighted by Gasteiger charge is 2.42. The Hall–Kier alpha value is -5.66. The lowest BCUT2D eigenvalue weighted by Gasteiger charge is -2.36. The Morgan fingerprint density at radius 2 is 1.23 bits per heavy atom. The highest BCUT2D eigenvalue weighted by Crippen LogP contribution is 2.43. The van der Waals surface area contributed by atoms with Crippen LogP contribution in [0.15, 0.2) is 146 Å². The highest BCUT2D eigenvalue weighted by atomic mass is 16.3. The number of nitrogens with zero attached hydrogens (tertiary/aromatic N) is 6. The maximum atomic E-state index is 9.97. The summed E-state index contributed by atoms with van der Waals surface area (Å²) in [5, 5.41) is 23.7. The molecule has 7 rings (SSSR count). The number of unbranched alkanes of at least 4 members (excludes halogenated alkanes) is 1. The molecule has 0 aliphatic heterocycles. The number of rotatable bonds is 12. The van der Waals surface area contributed by atoms with Gasteiger partial charge in [0, 0.05) is 18.5 Å². The van der Waals surface area contributed by atoms with E-state index in [1.54, 1.807) is 6.20 Å². The topological polar surface area (TPSA) is 81.7 Å². The number of aliphatic hydroxyl groups is 1. The fourth-order valence-corrected chi connectivity index (χ4v) is 6.70. The van der Waals surface area contributed by atoms with Crippen molar-refractivity contribution >= 4 is 0 Å². The lowest BCUT2D eigenvalue weighted by Crippen LogP contribution is -2.39. The van der Waals surface area contributed by atoms with Crippen LogP contribution >= 0.6 is 0 Å². The molecular weight excluding hydrogens is 592 g/mol. The molecule has 0 aliphatic carbocycles. The van der Waals surface area contributed by atoms with Gasteiger partial charge >= 0.3 is 0 Å². The Balaban J connectivity index is 1.34. The van der Waals surface area contributed by atoms with Crippen LogP contribution in [-0.2, 0) is 25.1 Å². The molecule has 0 spiro atoms. The first-order valence-corrected chi connectivity index (χ1v) is 16.5. The van der Waals surface area contributed by atoms with E-state index in [1.807, 2.05) is 28.9 Å². The number of aromatic nitrogens is 6. The van der Waals surface area contributed by atoms with Gasteiger partial charge in [-0.25, -0.2) is 9.67 Å². The van der Waals surface area contributed by atoms with E-state index in [2.05, 4.69) is 137 Å². The molecule has 0 saturated carbocycles. The van der Waals surface area contributed by atoms with Crippen molar-refractivity contribution in [3.05, 3.63) is 179 Å². The van der Waals surface area contributed by atoms with E-state index in [4.69, 9.17) is 10.3 Å². The Kier molecular flexibility index (Phi) is 9.03. The second-order valence-corrected chi connectivity index (χ2v) is 12.0. The van der Waals surface area contributed by atoms with Crippen molar-refractivity contribution in [2.24, 2.45) is 0 Å². The van der Waals surface area contributed by atoms with Crippen LogP contribution in [0.3, 0.4) is 0 Å². The maximum Gasteiger partial charge on any atom is 0.184 e. The summed E-state index contributed by atoms with van der Waals surface area (Å²) in [7, 11) is 0. The zero-order chi connectivity index (χ0) is 32.8. The molecule has 7 heteroatoms. The average molecular weight is 631 g/mol. The quantitative estimate of drug-likeness (QED) is 0.139. The third-order valence-corrected chi connectivity index (χ3v) is 9.07. The predicted octanol–water partition coefficient (Wildman–Crippen LogP) is 7.93. The van der Waals surface area contributed by atoms with Crippen molar-refractivity contribution in [3.8, 4) is 22.5 Å². The van der Waals surface area contributed by atoms with Gasteiger partial charge in [0.1, 0.15) is 11.4 Å². The van der Waals surface area contributed by atoms with Crippen LogP contribution in [0.25, 0.3) is 22.5 Å². The van der Waals surface area contributed by atoms with Gasteiger partial charge < -0.3 is 9.67 Å². The van der Waals surface area contributed by atoms with Crippen molar-refractivity contribution in [1.29, 1.82) is 0 Å². The molecule has 2 heterocycles. The number of hydrogen-bond donors (Lipinski definition) is 1. The summed E-state index contributed by atoms with van der Waals surface area (Å²) in [6, 6.07) is 48.3. The van der Waals surface area contributed by atoms with Crippen LogP contribution in [-0.4, -0.2) is 34.9 Å². The fourth-order valence-electron chi connectivity index (χ4n) is 6.70. The zero-order valence-electron chi connectivity index (χ0n) is 27.0. The van der Waals surface area contributed by atoms with Gasteiger partial charge in [-0.2, -0.15) is 0 Å². The van der Waals surface area contributed by atoms with E-state index in [0.29, 0.717) is 12.4 Å². The molecule has 1 N–H and O–H groups in total. The van der Waals surface area contributed by atoms with Crippen molar-refractivity contribution in [2.75, 3.05) is 0 Å². The molecule has 0 aliphatic rings. The summed E-state index contributed by atoms with van der Waals surface area (Å²) in [6.45, 7) is 2.80. The van der Waals surface area contributed by atoms with E-state index >= 15 is 0 Å². The second kappa shape index (κ2) is 14.0. The molecule has 48 heavy (non-hydrogen) atoms. The lowest BCUT2D eigenvalue weighted by molar-refractivity contribution is 0.271. The molecule has 0 unspecified atom stereocenters. The van der Waals surface area contributed by atoms with Gasteiger partial charge in [-0.15, -0.1) is 5.10 Å². The van der Waals surface area contributed by atoms with Crippen LogP contribution < -0.4 is 0 Å². The molecule has 0 amide bonds. The summed E-state index contributed by atoms with van der Waals surface area (Å²) in [6.07, 6.45) is 4.85. The molecule has 0 fully saturated rings. The van der Waals surface area contributed by atoms with E-state index in [1.165, 1.54) is 0 Å². The fraction of sp³-hybridized carbons (Fsp3) is 0.171. The lowest BCUT2D eigenvalue weighted by atomic mass is 9.77. The molecule has 0 bridgehead atoms. The van der Waals surface area contributed by atoms with Crippen LogP contribution in [0, 0.1) is 0 Å². The van der Waals surface area contributed by atoms with Crippen molar-refractivity contribution in [2.45, 2.75) is 44.9 Å². The first-order valence-electron chi connectivity index (χ1n) is 16.5. The van der Waals surface area contributed by atoms with Gasteiger partial charge in [-0.05, 0) is 50.2 Å². The second-order valence-electron chi connectivity index (χ2n) is 12.0. The summed E-state index contributed by atoms with van der Waals surface area (Å²) >= 11 is 0. The number of aliphatic hydroxyl groups excluding tert-OH is 1. The van der Waals surface area contributed by atoms with E-state index < -0.39 is 5.54 Å². The van der Waals surface area contributed by atoms with Gasteiger partial charge in [-0.3, -0.25) is 0 Å². The zero-order valence-corrected chi connectivity index (χ0v) is 27.0. The predicted molar refractivity (Wildman–Crippen MR) is 189 cm³/mol. The summed E-state index contributed by atoms with van der Waals surface area (Å²) in [5.74, 6) is 1.68. The van der Waals surface area contributed by atoms with Crippen LogP contribution in [0.2, 0.25) is 0 Å². The van der Waals surface area contributed by atoms with Gasteiger partial charge in [0.05, 0.1) is 18.5 Å². The largest absolute Gasteiger partial charge is 0.390 e. The van der Waals surface area contributed by atoms with Crippen molar-refractivity contribution in [1.82, 2.24) is 29.8 Å². The summed E-state index contributed by atoms with van der Waals surface area (Å²) in [5.41, 5.74) is 7.32. The molecule has 2 aromatic heterocycles. The Morgan fingerprint density at radius 1 is 0.667 bits per heavy atom. The Bertz CT molecular complexity index is 1970. The number of hydrogen-bond acceptors (Lipinski definition) is 5. The molecule has 7 nitrogen and oxygen atoms in total. The monoisotopic (exact) mass is 630 g/mol. The number of imidazole rings is 1. The molecule has 5 aromatic carbocycles. The highest BCUT2D eigenvalue weighted by molar-refractivity contribution is 5.81. The third-order valence-electron chi connectivity index (χ3n) is 9.07. The normalized spacial score (nSPS) is 11.5. The minimum Gasteiger partial charge on any atom is -0.390 e. The summed E-state index contributed by atoms with van der Waals surface area (Å²) < 4.78 is 4.12. The smallest absolute Gasteiger partial charge is 0.184 e. The van der Waals surface area contributed by atoms with E-state index in [0.717, 1.165) is 69.7 Å². The molecule has 0 atom stereocenters. The van der Waals surface area contributed by atoms with Gasteiger partial charge in [0.25, 0.3) is 0 Å². The minimum atomic E-state index is -0.843. The number of tetrazole rings is 1. The molecule has 238 valence electrons. The Labute approximate surface area is 281 Å². The van der Waals surface area contributed by atoms with Crippen LogP contribution in [0.5, 0.6) is 0 Å². The standard InChI is InChI=1S/C41H38N6O/c1-2-3-23-39-42-28-36(30-48)46(39)29-31-24-26-32(27-25-31)37-21-13-14-22-38(37)40-43-44-45-47(40)41(33-15-7-4-8-16-33,34-17-9-5-10-18-34)35-19-11-6-12-20-35/h4-22,24-28,48H,2-3,23,29-30H2,1H3. The van der Waals surface area contributed by atoms with Crippen LogP contribution in [0.4, 0.5) is 0 Å². The number of aryl methyl sites for hydroxylation is 1. The van der Waals surface area contributed by atoms with E-state index in [-0.39, 0.29) is 6.61 Å². The summed E-state index contributed by atoms with van der Waals surface area (Å²) in [4.78, 5) is 4.60. The van der Waals surface area contributed by atoms with Crippen molar-refractivity contribution in [3.63, 3.8) is 0 Å². The average Bonchev–Trinajstić information content (AvgIpc) is 3.80. The molecular formula is C41H38N6O. The molecule has 0 saturated heterocycles. The first kappa shape index (κ1) is 31.0. The molecule has 7 aromatic rings. The minimum absolute atomic E-state index is 0.0320. The van der Waals surface area contributed by atoms with Crippen molar-refractivity contribution < 1.29 is 5.11 Å². The van der Waals surface area contributed by atoms with E-state index in [9.17, 15) is 5.11 Å². The number of benzene rings is 5. The van der Waals surface area contributed by atoms with Crippen LogP contribution in [0.1, 0.15) is 53.5 Å². The third kappa shape index (κ3) is 5.73. The maximum absolute atomic E-state index is 9.97.